The van der Waals surface area contributed by atoms with Crippen LogP contribution < -0.4 is 0 Å². The summed E-state index contributed by atoms with van der Waals surface area (Å²) < 4.78 is 5.12. The van der Waals surface area contributed by atoms with E-state index in [0.717, 1.165) is 13.0 Å². The SMILES string of the molecule is CCCOCCC(=O)C(C)Cl. The van der Waals surface area contributed by atoms with Gasteiger partial charge in [0.25, 0.3) is 0 Å². The molecule has 0 fully saturated rings. The molecule has 0 aliphatic heterocycles. The minimum absolute atomic E-state index is 0.0581. The van der Waals surface area contributed by atoms with Gasteiger partial charge in [0, 0.05) is 13.0 Å². The number of alkyl halides is 1. The highest BCUT2D eigenvalue weighted by atomic mass is 35.5. The molecule has 0 aromatic heterocycles. The maximum Gasteiger partial charge on any atom is 0.152 e. The zero-order valence-electron chi connectivity index (χ0n) is 7.10. The molecule has 0 saturated carbocycles. The molecule has 0 radical (unpaired) electrons. The molecule has 1 unspecified atom stereocenters. The summed E-state index contributed by atoms with van der Waals surface area (Å²) in [5, 5.41) is -0.375. The van der Waals surface area contributed by atoms with Crippen LogP contribution in [-0.2, 0) is 9.53 Å². The van der Waals surface area contributed by atoms with Gasteiger partial charge >= 0.3 is 0 Å². The number of Topliss-reactive ketones (excluding diaryl/α,β-unsaturated/α-hetero) is 1. The number of carbonyl (C=O) groups excluding carboxylic acids is 1. The third-order valence-electron chi connectivity index (χ3n) is 1.28. The molecular formula is C8H15ClO2. The molecule has 0 bridgehead atoms. The van der Waals surface area contributed by atoms with Crippen LogP contribution in [0.4, 0.5) is 0 Å². The lowest BCUT2D eigenvalue weighted by molar-refractivity contribution is -0.119. The van der Waals surface area contributed by atoms with E-state index in [1.54, 1.807) is 6.92 Å². The van der Waals surface area contributed by atoms with Gasteiger partial charge in [0.05, 0.1) is 12.0 Å². The van der Waals surface area contributed by atoms with Crippen LogP contribution in [0.5, 0.6) is 0 Å². The summed E-state index contributed by atoms with van der Waals surface area (Å²) in [4.78, 5) is 10.9. The van der Waals surface area contributed by atoms with Gasteiger partial charge < -0.3 is 4.74 Å². The van der Waals surface area contributed by atoms with Gasteiger partial charge in [-0.2, -0.15) is 0 Å². The minimum Gasteiger partial charge on any atom is -0.381 e. The molecule has 0 N–H and O–H groups in total. The van der Waals surface area contributed by atoms with Crippen LogP contribution in [0.15, 0.2) is 0 Å². The number of hydrogen-bond donors (Lipinski definition) is 0. The van der Waals surface area contributed by atoms with Gasteiger partial charge in [0.2, 0.25) is 0 Å². The second-order valence-corrected chi connectivity index (χ2v) is 3.10. The molecule has 11 heavy (non-hydrogen) atoms. The first-order valence-corrected chi connectivity index (χ1v) is 4.36. The van der Waals surface area contributed by atoms with Gasteiger partial charge in [-0.05, 0) is 13.3 Å². The quantitative estimate of drug-likeness (QED) is 0.460. The van der Waals surface area contributed by atoms with E-state index < -0.39 is 0 Å². The lowest BCUT2D eigenvalue weighted by Crippen LogP contribution is -2.13. The van der Waals surface area contributed by atoms with E-state index >= 15 is 0 Å². The second-order valence-electron chi connectivity index (χ2n) is 2.44. The third kappa shape index (κ3) is 6.32. The highest BCUT2D eigenvalue weighted by molar-refractivity contribution is 6.30. The van der Waals surface area contributed by atoms with E-state index in [-0.39, 0.29) is 11.2 Å². The van der Waals surface area contributed by atoms with Crippen molar-refractivity contribution in [2.45, 2.75) is 32.1 Å². The summed E-state index contributed by atoms with van der Waals surface area (Å²) in [6, 6.07) is 0. The molecular weight excluding hydrogens is 164 g/mol. The molecule has 0 aromatic carbocycles. The first-order chi connectivity index (χ1) is 5.18. The van der Waals surface area contributed by atoms with Crippen molar-refractivity contribution in [1.29, 1.82) is 0 Å². The summed E-state index contributed by atoms with van der Waals surface area (Å²) in [5.74, 6) is 0.0581. The Bertz CT molecular complexity index is 113. The number of carbonyl (C=O) groups is 1. The van der Waals surface area contributed by atoms with Gasteiger partial charge in [-0.15, -0.1) is 11.6 Å². The van der Waals surface area contributed by atoms with Gasteiger partial charge in [-0.1, -0.05) is 6.92 Å². The number of ether oxygens (including phenoxy) is 1. The fourth-order valence-electron chi connectivity index (χ4n) is 0.618. The lowest BCUT2D eigenvalue weighted by Gasteiger charge is -2.02. The predicted octanol–water partition coefficient (Wildman–Crippen LogP) is 2.00. The maximum absolute atomic E-state index is 10.9. The van der Waals surface area contributed by atoms with Crippen LogP contribution in [0.3, 0.4) is 0 Å². The van der Waals surface area contributed by atoms with Crippen molar-refractivity contribution in [1.82, 2.24) is 0 Å². The van der Waals surface area contributed by atoms with E-state index in [0.29, 0.717) is 13.0 Å². The predicted molar refractivity (Wildman–Crippen MR) is 46.0 cm³/mol. The Morgan fingerprint density at radius 2 is 2.18 bits per heavy atom. The standard InChI is InChI=1S/C8H15ClO2/c1-3-5-11-6-4-8(10)7(2)9/h7H,3-6H2,1-2H3. The van der Waals surface area contributed by atoms with E-state index in [9.17, 15) is 4.79 Å². The number of ketones is 1. The molecule has 0 spiro atoms. The van der Waals surface area contributed by atoms with Crippen LogP contribution in [0.25, 0.3) is 0 Å². The number of hydrogen-bond acceptors (Lipinski definition) is 2. The Labute approximate surface area is 72.9 Å². The average molecular weight is 179 g/mol. The molecule has 0 saturated heterocycles. The zero-order valence-corrected chi connectivity index (χ0v) is 7.86. The summed E-state index contributed by atoms with van der Waals surface area (Å²) in [6.07, 6.45) is 1.43. The van der Waals surface area contributed by atoms with Crippen molar-refractivity contribution in [3.63, 3.8) is 0 Å². The van der Waals surface area contributed by atoms with Crippen LogP contribution in [0, 0.1) is 0 Å². The van der Waals surface area contributed by atoms with Crippen molar-refractivity contribution in [2.24, 2.45) is 0 Å². The third-order valence-corrected chi connectivity index (χ3v) is 1.53. The van der Waals surface area contributed by atoms with E-state index in [2.05, 4.69) is 0 Å². The maximum atomic E-state index is 10.9. The topological polar surface area (TPSA) is 26.3 Å². The first kappa shape index (κ1) is 10.9. The van der Waals surface area contributed by atoms with E-state index in [1.807, 2.05) is 6.92 Å². The van der Waals surface area contributed by atoms with Crippen LogP contribution in [0.2, 0.25) is 0 Å². The van der Waals surface area contributed by atoms with Crippen molar-refractivity contribution in [2.75, 3.05) is 13.2 Å². The Hall–Kier alpha value is -0.0800. The van der Waals surface area contributed by atoms with Gasteiger partial charge in [0.1, 0.15) is 0 Å². The molecule has 66 valence electrons. The number of halogens is 1. The highest BCUT2D eigenvalue weighted by Crippen LogP contribution is 1.99. The minimum atomic E-state index is -0.375. The molecule has 3 heteroatoms. The van der Waals surface area contributed by atoms with Crippen molar-refractivity contribution < 1.29 is 9.53 Å². The molecule has 0 aliphatic rings. The Morgan fingerprint density at radius 3 is 2.64 bits per heavy atom. The largest absolute Gasteiger partial charge is 0.381 e. The van der Waals surface area contributed by atoms with Gasteiger partial charge in [-0.25, -0.2) is 0 Å². The fraction of sp³-hybridized carbons (Fsp3) is 0.875. The van der Waals surface area contributed by atoms with Crippen LogP contribution >= 0.6 is 11.6 Å². The summed E-state index contributed by atoms with van der Waals surface area (Å²) in [5.41, 5.74) is 0. The fourth-order valence-corrected chi connectivity index (χ4v) is 0.727. The summed E-state index contributed by atoms with van der Waals surface area (Å²) in [6.45, 7) is 4.95. The lowest BCUT2D eigenvalue weighted by atomic mass is 10.2. The first-order valence-electron chi connectivity index (χ1n) is 3.93. The molecule has 2 nitrogen and oxygen atoms in total. The molecule has 0 heterocycles. The Balaban J connectivity index is 3.18. The van der Waals surface area contributed by atoms with Crippen molar-refractivity contribution in [3.05, 3.63) is 0 Å². The Morgan fingerprint density at radius 1 is 1.55 bits per heavy atom. The summed E-state index contributed by atoms with van der Waals surface area (Å²) >= 11 is 5.54. The molecule has 0 rings (SSSR count). The second kappa shape index (κ2) is 6.62. The van der Waals surface area contributed by atoms with Crippen molar-refractivity contribution in [3.8, 4) is 0 Å². The normalized spacial score (nSPS) is 13.0. The molecule has 0 aromatic rings. The average Bonchev–Trinajstić information content (AvgIpc) is 1.97. The summed E-state index contributed by atoms with van der Waals surface area (Å²) in [7, 11) is 0. The highest BCUT2D eigenvalue weighted by Gasteiger charge is 2.07. The smallest absolute Gasteiger partial charge is 0.152 e. The Kier molecular flexibility index (Phi) is 6.57. The molecule has 0 aliphatic carbocycles. The molecule has 0 amide bonds. The monoisotopic (exact) mass is 178 g/mol. The zero-order chi connectivity index (χ0) is 8.69. The van der Waals surface area contributed by atoms with Crippen molar-refractivity contribution >= 4 is 17.4 Å². The van der Waals surface area contributed by atoms with Gasteiger partial charge in [-0.3, -0.25) is 4.79 Å². The van der Waals surface area contributed by atoms with Crippen LogP contribution in [-0.4, -0.2) is 24.4 Å². The van der Waals surface area contributed by atoms with E-state index in [1.165, 1.54) is 0 Å². The molecule has 1 atom stereocenters. The van der Waals surface area contributed by atoms with Gasteiger partial charge in [0.15, 0.2) is 5.78 Å². The van der Waals surface area contributed by atoms with E-state index in [4.69, 9.17) is 16.3 Å². The number of rotatable bonds is 6. The van der Waals surface area contributed by atoms with Crippen LogP contribution in [0.1, 0.15) is 26.7 Å².